The normalized spacial score (nSPS) is 17.0. The Bertz CT molecular complexity index is 697. The molecule has 3 rings (SSSR count). The Balaban J connectivity index is 1.56. The molecule has 0 aromatic heterocycles. The second-order valence-electron chi connectivity index (χ2n) is 6.39. The number of aliphatic hydroxyl groups excluding tert-OH is 1. The fraction of sp³-hybridized carbons (Fsp3) is 0.368. The van der Waals surface area contributed by atoms with Crippen molar-refractivity contribution >= 4 is 5.69 Å². The van der Waals surface area contributed by atoms with E-state index in [4.69, 9.17) is 0 Å². The minimum atomic E-state index is -0.679. The second kappa shape index (κ2) is 7.11. The minimum Gasteiger partial charge on any atom is -0.504 e. The number of aliphatic hydroxyl groups is 1. The van der Waals surface area contributed by atoms with E-state index >= 15 is 0 Å². The van der Waals surface area contributed by atoms with Gasteiger partial charge in [0.25, 0.3) is 0 Å². The molecule has 24 heavy (non-hydrogen) atoms. The second-order valence-corrected chi connectivity index (χ2v) is 6.39. The fourth-order valence-electron chi connectivity index (χ4n) is 3.11. The van der Waals surface area contributed by atoms with Crippen molar-refractivity contribution in [2.75, 3.05) is 37.6 Å². The van der Waals surface area contributed by atoms with Gasteiger partial charge in [-0.05, 0) is 42.3 Å². The van der Waals surface area contributed by atoms with Gasteiger partial charge in [-0.1, -0.05) is 18.2 Å². The number of benzene rings is 2. The zero-order chi connectivity index (χ0) is 17.1. The number of hydrogen-bond donors (Lipinski definition) is 3. The van der Waals surface area contributed by atoms with E-state index in [9.17, 15) is 15.3 Å². The van der Waals surface area contributed by atoms with Crippen LogP contribution in [0.25, 0.3) is 0 Å². The monoisotopic (exact) mass is 328 g/mol. The molecule has 5 nitrogen and oxygen atoms in total. The van der Waals surface area contributed by atoms with Crippen LogP contribution in [0.3, 0.4) is 0 Å². The Kier molecular flexibility index (Phi) is 4.92. The van der Waals surface area contributed by atoms with E-state index in [2.05, 4.69) is 41.0 Å². The van der Waals surface area contributed by atoms with Gasteiger partial charge < -0.3 is 20.2 Å². The van der Waals surface area contributed by atoms with Crippen molar-refractivity contribution in [3.8, 4) is 11.5 Å². The predicted octanol–water partition coefficient (Wildman–Crippen LogP) is 2.26. The highest BCUT2D eigenvalue weighted by molar-refractivity contribution is 5.48. The van der Waals surface area contributed by atoms with E-state index in [-0.39, 0.29) is 11.5 Å². The van der Waals surface area contributed by atoms with Crippen molar-refractivity contribution in [3.05, 3.63) is 53.6 Å². The predicted molar refractivity (Wildman–Crippen MR) is 94.6 cm³/mol. The first-order chi connectivity index (χ1) is 11.5. The largest absolute Gasteiger partial charge is 0.504 e. The van der Waals surface area contributed by atoms with Crippen molar-refractivity contribution < 1.29 is 15.3 Å². The Labute approximate surface area is 142 Å². The molecule has 0 bridgehead atoms. The standard InChI is InChI=1S/C19H24N2O3/c1-14-3-2-4-16(11-14)21-9-7-20(8-10-21)13-19(24)15-5-6-17(22)18(23)12-15/h2-6,11-12,19,22-24H,7-10,13H2,1H3/t19-/m0/s1. The number of rotatable bonds is 4. The maximum Gasteiger partial charge on any atom is 0.157 e. The third-order valence-electron chi connectivity index (χ3n) is 4.55. The lowest BCUT2D eigenvalue weighted by Crippen LogP contribution is -2.47. The molecule has 1 aliphatic rings. The lowest BCUT2D eigenvalue weighted by molar-refractivity contribution is 0.109. The van der Waals surface area contributed by atoms with E-state index < -0.39 is 6.10 Å². The number of aromatic hydroxyl groups is 2. The minimum absolute atomic E-state index is 0.169. The molecule has 0 amide bonds. The summed E-state index contributed by atoms with van der Waals surface area (Å²) in [6, 6.07) is 13.0. The van der Waals surface area contributed by atoms with Crippen molar-refractivity contribution in [1.82, 2.24) is 4.90 Å². The molecule has 2 aromatic rings. The van der Waals surface area contributed by atoms with Gasteiger partial charge in [0.2, 0.25) is 0 Å². The third-order valence-corrected chi connectivity index (χ3v) is 4.55. The summed E-state index contributed by atoms with van der Waals surface area (Å²) >= 11 is 0. The van der Waals surface area contributed by atoms with Crippen LogP contribution < -0.4 is 4.90 Å². The first-order valence-corrected chi connectivity index (χ1v) is 8.27. The molecule has 1 fully saturated rings. The molecule has 1 atom stereocenters. The number of piperazine rings is 1. The molecule has 1 saturated heterocycles. The summed E-state index contributed by atoms with van der Waals surface area (Å²) in [5.74, 6) is -0.367. The summed E-state index contributed by atoms with van der Waals surface area (Å²) in [5, 5.41) is 29.3. The topological polar surface area (TPSA) is 67.2 Å². The van der Waals surface area contributed by atoms with E-state index in [1.807, 2.05) is 0 Å². The highest BCUT2D eigenvalue weighted by Crippen LogP contribution is 2.28. The van der Waals surface area contributed by atoms with Gasteiger partial charge in [0.05, 0.1) is 6.10 Å². The summed E-state index contributed by atoms with van der Waals surface area (Å²) < 4.78 is 0. The Morgan fingerprint density at radius 1 is 0.958 bits per heavy atom. The first-order valence-electron chi connectivity index (χ1n) is 8.27. The van der Waals surface area contributed by atoms with Crippen LogP contribution in [0.15, 0.2) is 42.5 Å². The highest BCUT2D eigenvalue weighted by Gasteiger charge is 2.20. The molecule has 0 unspecified atom stereocenters. The van der Waals surface area contributed by atoms with Gasteiger partial charge >= 0.3 is 0 Å². The van der Waals surface area contributed by atoms with Crippen molar-refractivity contribution in [2.24, 2.45) is 0 Å². The highest BCUT2D eigenvalue weighted by atomic mass is 16.3. The summed E-state index contributed by atoms with van der Waals surface area (Å²) in [7, 11) is 0. The molecule has 0 spiro atoms. The maximum atomic E-state index is 10.4. The maximum absolute atomic E-state index is 10.4. The lowest BCUT2D eigenvalue weighted by atomic mass is 10.1. The van der Waals surface area contributed by atoms with E-state index in [1.165, 1.54) is 23.4 Å². The van der Waals surface area contributed by atoms with Gasteiger partial charge in [-0.15, -0.1) is 0 Å². The van der Waals surface area contributed by atoms with Crippen LogP contribution in [0.5, 0.6) is 11.5 Å². The van der Waals surface area contributed by atoms with Gasteiger partial charge in [-0.2, -0.15) is 0 Å². The molecule has 2 aromatic carbocycles. The van der Waals surface area contributed by atoms with Crippen LogP contribution in [-0.2, 0) is 0 Å². The van der Waals surface area contributed by atoms with Crippen LogP contribution in [0.4, 0.5) is 5.69 Å². The summed E-state index contributed by atoms with van der Waals surface area (Å²) in [4.78, 5) is 4.59. The molecule has 128 valence electrons. The zero-order valence-corrected chi connectivity index (χ0v) is 13.9. The van der Waals surface area contributed by atoms with E-state index in [0.29, 0.717) is 12.1 Å². The zero-order valence-electron chi connectivity index (χ0n) is 13.9. The number of anilines is 1. The fourth-order valence-corrected chi connectivity index (χ4v) is 3.11. The Hall–Kier alpha value is -2.24. The van der Waals surface area contributed by atoms with Gasteiger partial charge in [-0.3, -0.25) is 4.90 Å². The van der Waals surface area contributed by atoms with Crippen LogP contribution in [0, 0.1) is 6.92 Å². The van der Waals surface area contributed by atoms with Crippen molar-refractivity contribution in [3.63, 3.8) is 0 Å². The van der Waals surface area contributed by atoms with Crippen LogP contribution in [-0.4, -0.2) is 52.9 Å². The molecule has 5 heteroatoms. The number of β-amino-alcohol motifs (C(OH)–C–C–N with tert-alkyl or cyclic N) is 1. The van der Waals surface area contributed by atoms with Crippen LogP contribution in [0.1, 0.15) is 17.2 Å². The Morgan fingerprint density at radius 2 is 1.71 bits per heavy atom. The average Bonchev–Trinajstić information content (AvgIpc) is 2.58. The third kappa shape index (κ3) is 3.80. The summed E-state index contributed by atoms with van der Waals surface area (Å²) in [5.41, 5.74) is 3.13. The SMILES string of the molecule is Cc1cccc(N2CCN(C[C@H](O)c3ccc(O)c(O)c3)CC2)c1. The molecule has 0 aliphatic carbocycles. The smallest absolute Gasteiger partial charge is 0.157 e. The average molecular weight is 328 g/mol. The molecule has 0 saturated carbocycles. The van der Waals surface area contributed by atoms with Gasteiger partial charge in [0.1, 0.15) is 0 Å². The van der Waals surface area contributed by atoms with Gasteiger partial charge in [0, 0.05) is 38.4 Å². The van der Waals surface area contributed by atoms with Crippen molar-refractivity contribution in [2.45, 2.75) is 13.0 Å². The summed E-state index contributed by atoms with van der Waals surface area (Å²) in [6.07, 6.45) is -0.679. The summed E-state index contributed by atoms with van der Waals surface area (Å²) in [6.45, 7) is 6.24. The van der Waals surface area contributed by atoms with E-state index in [0.717, 1.165) is 26.2 Å². The number of hydrogen-bond acceptors (Lipinski definition) is 5. The number of phenols is 2. The molecule has 3 N–H and O–H groups in total. The molecule has 1 heterocycles. The van der Waals surface area contributed by atoms with Crippen molar-refractivity contribution in [1.29, 1.82) is 0 Å². The quantitative estimate of drug-likeness (QED) is 0.751. The molecular formula is C19H24N2O3. The molecule has 0 radical (unpaired) electrons. The van der Waals surface area contributed by atoms with E-state index in [1.54, 1.807) is 6.07 Å². The van der Waals surface area contributed by atoms with Gasteiger partial charge in [0.15, 0.2) is 11.5 Å². The Morgan fingerprint density at radius 3 is 2.38 bits per heavy atom. The number of phenolic OH excluding ortho intramolecular Hbond substituents is 2. The lowest BCUT2D eigenvalue weighted by Gasteiger charge is -2.37. The van der Waals surface area contributed by atoms with Crippen LogP contribution in [0.2, 0.25) is 0 Å². The first kappa shape index (κ1) is 16.6. The number of nitrogens with zero attached hydrogens (tertiary/aromatic N) is 2. The number of aryl methyl sites for hydroxylation is 1. The van der Waals surface area contributed by atoms with Crippen LogP contribution >= 0.6 is 0 Å². The molecular weight excluding hydrogens is 304 g/mol. The molecule has 1 aliphatic heterocycles. The van der Waals surface area contributed by atoms with Gasteiger partial charge in [-0.25, -0.2) is 0 Å².